The molecule has 0 aromatic rings. The van der Waals surface area contributed by atoms with Crippen LogP contribution in [0.4, 0.5) is 0 Å². The molecule has 0 bridgehead atoms. The minimum atomic E-state index is -0.783. The summed E-state index contributed by atoms with van der Waals surface area (Å²) in [6.07, 6.45) is 5.45. The Bertz CT molecular complexity index is 206. The molecule has 0 unspecified atom stereocenters. The minimum Gasteiger partial charge on any atom is -0.478 e. The average Bonchev–Trinajstić information content (AvgIpc) is 2.17. The second-order valence-electron chi connectivity index (χ2n) is 3.75. The van der Waals surface area contributed by atoms with E-state index in [2.05, 4.69) is 18.7 Å². The summed E-state index contributed by atoms with van der Waals surface area (Å²) in [5.74, 6) is -0.783. The summed E-state index contributed by atoms with van der Waals surface area (Å²) in [5, 5.41) is 8.99. The standard InChI is InChI=1S/C12H23NO2/c1-4-7-11(12(14)15)10-13(8-5-2)9-6-3/h10H,4-9H2,1-3H3,(H,14,15). The molecule has 0 aliphatic rings. The van der Waals surface area contributed by atoms with E-state index < -0.39 is 5.97 Å². The van der Waals surface area contributed by atoms with Crippen LogP contribution < -0.4 is 0 Å². The molecule has 0 spiro atoms. The van der Waals surface area contributed by atoms with Gasteiger partial charge >= 0.3 is 5.97 Å². The van der Waals surface area contributed by atoms with Gasteiger partial charge in [0.15, 0.2) is 0 Å². The Labute approximate surface area is 92.8 Å². The van der Waals surface area contributed by atoms with Crippen molar-refractivity contribution >= 4 is 5.97 Å². The minimum absolute atomic E-state index is 0.527. The van der Waals surface area contributed by atoms with E-state index in [0.717, 1.165) is 32.4 Å². The lowest BCUT2D eigenvalue weighted by molar-refractivity contribution is -0.132. The second kappa shape index (κ2) is 8.33. The molecule has 0 aromatic carbocycles. The normalized spacial score (nSPS) is 11.5. The molecule has 88 valence electrons. The molecule has 0 heterocycles. The van der Waals surface area contributed by atoms with Gasteiger partial charge < -0.3 is 10.0 Å². The summed E-state index contributed by atoms with van der Waals surface area (Å²) in [6, 6.07) is 0. The van der Waals surface area contributed by atoms with Crippen LogP contribution in [0, 0.1) is 0 Å². The molecule has 0 aliphatic carbocycles. The molecule has 0 radical (unpaired) electrons. The zero-order valence-electron chi connectivity index (χ0n) is 10.1. The number of hydrogen-bond donors (Lipinski definition) is 1. The van der Waals surface area contributed by atoms with Crippen LogP contribution >= 0.6 is 0 Å². The van der Waals surface area contributed by atoms with Crippen LogP contribution in [0.25, 0.3) is 0 Å². The Kier molecular flexibility index (Phi) is 7.78. The monoisotopic (exact) mass is 213 g/mol. The first-order chi connectivity index (χ1) is 7.15. The van der Waals surface area contributed by atoms with Crippen molar-refractivity contribution in [2.24, 2.45) is 0 Å². The van der Waals surface area contributed by atoms with Crippen molar-refractivity contribution in [3.8, 4) is 0 Å². The Balaban J connectivity index is 4.48. The SMILES string of the molecule is CCCC(=CN(CCC)CCC)C(=O)O. The molecule has 0 fully saturated rings. The number of carboxylic acids is 1. The third kappa shape index (κ3) is 6.15. The Morgan fingerprint density at radius 3 is 2.00 bits per heavy atom. The van der Waals surface area contributed by atoms with Crippen molar-refractivity contribution in [3.63, 3.8) is 0 Å². The summed E-state index contributed by atoms with van der Waals surface area (Å²) in [7, 11) is 0. The third-order valence-corrected chi connectivity index (χ3v) is 2.15. The first-order valence-electron chi connectivity index (χ1n) is 5.83. The smallest absolute Gasteiger partial charge is 0.333 e. The zero-order valence-corrected chi connectivity index (χ0v) is 10.1. The molecule has 0 amide bonds. The highest BCUT2D eigenvalue weighted by Crippen LogP contribution is 2.08. The highest BCUT2D eigenvalue weighted by Gasteiger charge is 2.08. The molecule has 3 nitrogen and oxygen atoms in total. The molecule has 15 heavy (non-hydrogen) atoms. The molecular weight excluding hydrogens is 190 g/mol. The van der Waals surface area contributed by atoms with Gasteiger partial charge in [0.2, 0.25) is 0 Å². The summed E-state index contributed by atoms with van der Waals surface area (Å²) in [6.45, 7) is 8.09. The van der Waals surface area contributed by atoms with Gasteiger partial charge in [-0.25, -0.2) is 4.79 Å². The van der Waals surface area contributed by atoms with Gasteiger partial charge in [0.05, 0.1) is 5.57 Å². The van der Waals surface area contributed by atoms with Crippen LogP contribution in [0.5, 0.6) is 0 Å². The fourth-order valence-corrected chi connectivity index (χ4v) is 1.53. The maximum Gasteiger partial charge on any atom is 0.333 e. The molecule has 0 saturated carbocycles. The predicted octanol–water partition coefficient (Wildman–Crippen LogP) is 2.88. The lowest BCUT2D eigenvalue weighted by atomic mass is 10.1. The number of carbonyl (C=O) groups is 1. The van der Waals surface area contributed by atoms with Crippen molar-refractivity contribution < 1.29 is 9.90 Å². The molecule has 0 aliphatic heterocycles. The topological polar surface area (TPSA) is 40.5 Å². The lowest BCUT2D eigenvalue weighted by Gasteiger charge is -2.19. The van der Waals surface area contributed by atoms with E-state index in [9.17, 15) is 4.79 Å². The zero-order chi connectivity index (χ0) is 11.7. The largest absolute Gasteiger partial charge is 0.478 e. The van der Waals surface area contributed by atoms with Crippen molar-refractivity contribution in [1.29, 1.82) is 0 Å². The highest BCUT2D eigenvalue weighted by atomic mass is 16.4. The Hall–Kier alpha value is -0.990. The quantitative estimate of drug-likeness (QED) is 0.630. The number of hydrogen-bond acceptors (Lipinski definition) is 2. The maximum atomic E-state index is 10.9. The van der Waals surface area contributed by atoms with Crippen LogP contribution in [0.2, 0.25) is 0 Å². The predicted molar refractivity (Wildman–Crippen MR) is 62.8 cm³/mol. The van der Waals surface area contributed by atoms with Crippen molar-refractivity contribution in [3.05, 3.63) is 11.8 Å². The maximum absolute atomic E-state index is 10.9. The van der Waals surface area contributed by atoms with Gasteiger partial charge in [0, 0.05) is 19.3 Å². The number of rotatable bonds is 8. The van der Waals surface area contributed by atoms with Crippen LogP contribution in [-0.4, -0.2) is 29.1 Å². The van der Waals surface area contributed by atoms with Gasteiger partial charge in [-0.2, -0.15) is 0 Å². The highest BCUT2D eigenvalue weighted by molar-refractivity contribution is 5.86. The first-order valence-corrected chi connectivity index (χ1v) is 5.83. The van der Waals surface area contributed by atoms with Gasteiger partial charge in [0.25, 0.3) is 0 Å². The summed E-state index contributed by atoms with van der Waals surface area (Å²) >= 11 is 0. The van der Waals surface area contributed by atoms with E-state index in [1.54, 1.807) is 0 Å². The van der Waals surface area contributed by atoms with E-state index in [1.807, 2.05) is 13.1 Å². The Morgan fingerprint density at radius 1 is 1.13 bits per heavy atom. The number of nitrogens with zero attached hydrogens (tertiary/aromatic N) is 1. The molecule has 1 N–H and O–H groups in total. The Morgan fingerprint density at radius 2 is 1.67 bits per heavy atom. The summed E-state index contributed by atoms with van der Waals surface area (Å²) < 4.78 is 0. The molecular formula is C12H23NO2. The van der Waals surface area contributed by atoms with Crippen LogP contribution in [0.15, 0.2) is 11.8 Å². The molecule has 0 rings (SSSR count). The van der Waals surface area contributed by atoms with Crippen LogP contribution in [0.1, 0.15) is 46.5 Å². The first kappa shape index (κ1) is 14.0. The van der Waals surface area contributed by atoms with E-state index in [4.69, 9.17) is 5.11 Å². The number of aliphatic carboxylic acids is 1. The molecule has 3 heteroatoms. The second-order valence-corrected chi connectivity index (χ2v) is 3.75. The van der Waals surface area contributed by atoms with Crippen LogP contribution in [-0.2, 0) is 4.79 Å². The van der Waals surface area contributed by atoms with Crippen molar-refractivity contribution in [1.82, 2.24) is 4.90 Å². The van der Waals surface area contributed by atoms with Crippen molar-refractivity contribution in [2.75, 3.05) is 13.1 Å². The van der Waals surface area contributed by atoms with Gasteiger partial charge in [-0.1, -0.05) is 27.2 Å². The van der Waals surface area contributed by atoms with E-state index in [0.29, 0.717) is 12.0 Å². The van der Waals surface area contributed by atoms with Crippen molar-refractivity contribution in [2.45, 2.75) is 46.5 Å². The van der Waals surface area contributed by atoms with E-state index >= 15 is 0 Å². The molecule has 0 aromatic heterocycles. The molecule has 0 saturated heterocycles. The third-order valence-electron chi connectivity index (χ3n) is 2.15. The fraction of sp³-hybridized carbons (Fsp3) is 0.750. The summed E-state index contributed by atoms with van der Waals surface area (Å²) in [4.78, 5) is 13.0. The van der Waals surface area contributed by atoms with Gasteiger partial charge in [-0.05, 0) is 19.3 Å². The van der Waals surface area contributed by atoms with Gasteiger partial charge in [0.1, 0.15) is 0 Å². The van der Waals surface area contributed by atoms with Crippen LogP contribution in [0.3, 0.4) is 0 Å². The van der Waals surface area contributed by atoms with Gasteiger partial charge in [-0.3, -0.25) is 0 Å². The molecule has 0 atom stereocenters. The van der Waals surface area contributed by atoms with E-state index in [1.165, 1.54) is 0 Å². The lowest BCUT2D eigenvalue weighted by Crippen LogP contribution is -2.21. The average molecular weight is 213 g/mol. The van der Waals surface area contributed by atoms with Gasteiger partial charge in [-0.15, -0.1) is 0 Å². The number of carboxylic acid groups (broad SMARTS) is 1. The fourth-order valence-electron chi connectivity index (χ4n) is 1.53. The van der Waals surface area contributed by atoms with E-state index in [-0.39, 0.29) is 0 Å². The summed E-state index contributed by atoms with van der Waals surface area (Å²) in [5.41, 5.74) is 0.527.